The van der Waals surface area contributed by atoms with Crippen molar-refractivity contribution in [1.29, 1.82) is 0 Å². The standard InChI is InChI=1S/C12H17NO2/c1-9-5-3-4-6-11(9)10(2)13-8-7-12(14)15/h3-6,10,13H,7-8H2,1-2H3,(H,14,15). The summed E-state index contributed by atoms with van der Waals surface area (Å²) in [7, 11) is 0. The van der Waals surface area contributed by atoms with Crippen LogP contribution in [-0.2, 0) is 4.79 Å². The molecule has 0 fully saturated rings. The number of hydrogen-bond acceptors (Lipinski definition) is 2. The predicted octanol–water partition coefficient (Wildman–Crippen LogP) is 2.12. The van der Waals surface area contributed by atoms with Crippen molar-refractivity contribution >= 4 is 5.97 Å². The Labute approximate surface area is 90.1 Å². The minimum absolute atomic E-state index is 0.163. The molecule has 1 rings (SSSR count). The van der Waals surface area contributed by atoms with Crippen LogP contribution in [0.4, 0.5) is 0 Å². The van der Waals surface area contributed by atoms with Crippen LogP contribution in [-0.4, -0.2) is 17.6 Å². The number of nitrogens with one attached hydrogen (secondary N) is 1. The van der Waals surface area contributed by atoms with E-state index in [1.165, 1.54) is 11.1 Å². The second kappa shape index (κ2) is 5.51. The number of carboxylic acid groups (broad SMARTS) is 1. The van der Waals surface area contributed by atoms with E-state index in [1.807, 2.05) is 19.1 Å². The molecule has 1 atom stereocenters. The monoisotopic (exact) mass is 207 g/mol. The van der Waals surface area contributed by atoms with Crippen LogP contribution in [0.1, 0.15) is 30.5 Å². The van der Waals surface area contributed by atoms with E-state index in [1.54, 1.807) is 0 Å². The summed E-state index contributed by atoms with van der Waals surface area (Å²) in [6.07, 6.45) is 0.163. The van der Waals surface area contributed by atoms with Crippen LogP contribution in [0, 0.1) is 6.92 Å². The molecule has 0 amide bonds. The first-order valence-corrected chi connectivity index (χ1v) is 5.12. The highest BCUT2D eigenvalue weighted by Crippen LogP contribution is 2.16. The lowest BCUT2D eigenvalue weighted by Crippen LogP contribution is -2.22. The van der Waals surface area contributed by atoms with Crippen LogP contribution in [0.2, 0.25) is 0 Å². The predicted molar refractivity (Wildman–Crippen MR) is 59.8 cm³/mol. The molecule has 0 aliphatic heterocycles. The highest BCUT2D eigenvalue weighted by Gasteiger charge is 2.07. The van der Waals surface area contributed by atoms with Crippen LogP contribution >= 0.6 is 0 Å². The van der Waals surface area contributed by atoms with Gasteiger partial charge >= 0.3 is 5.97 Å². The Kier molecular flexibility index (Phi) is 4.31. The SMILES string of the molecule is Cc1ccccc1C(C)NCCC(=O)O. The number of hydrogen-bond donors (Lipinski definition) is 2. The molecule has 1 unspecified atom stereocenters. The molecule has 0 aliphatic carbocycles. The van der Waals surface area contributed by atoms with E-state index in [-0.39, 0.29) is 12.5 Å². The zero-order valence-corrected chi connectivity index (χ0v) is 9.16. The molecule has 0 saturated heterocycles. The Morgan fingerprint density at radius 3 is 2.73 bits per heavy atom. The number of aliphatic carboxylic acids is 1. The van der Waals surface area contributed by atoms with Crippen molar-refractivity contribution in [2.45, 2.75) is 26.3 Å². The molecule has 0 heterocycles. The first kappa shape index (κ1) is 11.7. The van der Waals surface area contributed by atoms with Gasteiger partial charge < -0.3 is 10.4 Å². The Balaban J connectivity index is 2.50. The third-order valence-electron chi connectivity index (χ3n) is 2.44. The molecule has 0 aliphatic rings. The lowest BCUT2D eigenvalue weighted by atomic mass is 10.0. The number of aryl methyl sites for hydroxylation is 1. The molecule has 0 saturated carbocycles. The highest BCUT2D eigenvalue weighted by atomic mass is 16.4. The van der Waals surface area contributed by atoms with Crippen LogP contribution in [0.15, 0.2) is 24.3 Å². The van der Waals surface area contributed by atoms with Gasteiger partial charge in [-0.05, 0) is 25.0 Å². The summed E-state index contributed by atoms with van der Waals surface area (Å²) in [4.78, 5) is 10.3. The molecular weight excluding hydrogens is 190 g/mol. The second-order valence-electron chi connectivity index (χ2n) is 3.68. The molecule has 3 heteroatoms. The molecule has 2 N–H and O–H groups in total. The van der Waals surface area contributed by atoms with Gasteiger partial charge in [-0.2, -0.15) is 0 Å². The summed E-state index contributed by atoms with van der Waals surface area (Å²) in [5, 5.41) is 11.7. The molecular formula is C12H17NO2. The van der Waals surface area contributed by atoms with Gasteiger partial charge in [0.05, 0.1) is 6.42 Å². The zero-order valence-electron chi connectivity index (χ0n) is 9.16. The number of rotatable bonds is 5. The van der Waals surface area contributed by atoms with Gasteiger partial charge in [-0.1, -0.05) is 24.3 Å². The average Bonchev–Trinajstić information content (AvgIpc) is 2.17. The van der Waals surface area contributed by atoms with Crippen LogP contribution < -0.4 is 5.32 Å². The van der Waals surface area contributed by atoms with Gasteiger partial charge in [0.25, 0.3) is 0 Å². The quantitative estimate of drug-likeness (QED) is 0.777. The third kappa shape index (κ3) is 3.72. The van der Waals surface area contributed by atoms with E-state index in [4.69, 9.17) is 5.11 Å². The Hall–Kier alpha value is -1.35. The molecule has 3 nitrogen and oxygen atoms in total. The molecule has 15 heavy (non-hydrogen) atoms. The van der Waals surface area contributed by atoms with E-state index < -0.39 is 5.97 Å². The molecule has 0 spiro atoms. The first-order valence-electron chi connectivity index (χ1n) is 5.12. The number of carbonyl (C=O) groups is 1. The maximum absolute atomic E-state index is 10.3. The van der Waals surface area contributed by atoms with Crippen molar-refractivity contribution in [3.05, 3.63) is 35.4 Å². The molecule has 82 valence electrons. The zero-order chi connectivity index (χ0) is 11.3. The van der Waals surface area contributed by atoms with E-state index in [0.29, 0.717) is 6.54 Å². The van der Waals surface area contributed by atoms with E-state index >= 15 is 0 Å². The van der Waals surface area contributed by atoms with Gasteiger partial charge in [-0.3, -0.25) is 4.79 Å². The largest absolute Gasteiger partial charge is 0.481 e. The van der Waals surface area contributed by atoms with Crippen molar-refractivity contribution < 1.29 is 9.90 Å². The maximum Gasteiger partial charge on any atom is 0.304 e. The van der Waals surface area contributed by atoms with Gasteiger partial charge in [-0.15, -0.1) is 0 Å². The van der Waals surface area contributed by atoms with Crippen LogP contribution in [0.3, 0.4) is 0 Å². The van der Waals surface area contributed by atoms with Crippen molar-refractivity contribution in [3.8, 4) is 0 Å². The molecule has 1 aromatic rings. The third-order valence-corrected chi connectivity index (χ3v) is 2.44. The summed E-state index contributed by atoms with van der Waals surface area (Å²) < 4.78 is 0. The Bertz CT molecular complexity index is 336. The Morgan fingerprint density at radius 1 is 1.47 bits per heavy atom. The van der Waals surface area contributed by atoms with Crippen molar-refractivity contribution in [2.75, 3.05) is 6.54 Å². The minimum atomic E-state index is -0.764. The lowest BCUT2D eigenvalue weighted by Gasteiger charge is -2.15. The van der Waals surface area contributed by atoms with Gasteiger partial charge in [0.2, 0.25) is 0 Å². The summed E-state index contributed by atoms with van der Waals surface area (Å²) in [5.41, 5.74) is 2.45. The normalized spacial score (nSPS) is 12.4. The van der Waals surface area contributed by atoms with Crippen molar-refractivity contribution in [2.24, 2.45) is 0 Å². The highest BCUT2D eigenvalue weighted by molar-refractivity contribution is 5.66. The summed E-state index contributed by atoms with van der Waals surface area (Å²) in [5.74, 6) is -0.764. The van der Waals surface area contributed by atoms with Crippen molar-refractivity contribution in [1.82, 2.24) is 5.32 Å². The van der Waals surface area contributed by atoms with Gasteiger partial charge in [0.15, 0.2) is 0 Å². The lowest BCUT2D eigenvalue weighted by molar-refractivity contribution is -0.136. The maximum atomic E-state index is 10.3. The first-order chi connectivity index (χ1) is 7.11. The second-order valence-corrected chi connectivity index (χ2v) is 3.68. The number of benzene rings is 1. The number of carboxylic acids is 1. The molecule has 0 radical (unpaired) electrons. The van der Waals surface area contributed by atoms with Gasteiger partial charge in [0, 0.05) is 12.6 Å². The summed E-state index contributed by atoms with van der Waals surface area (Å²) in [6.45, 7) is 4.61. The smallest absolute Gasteiger partial charge is 0.304 e. The van der Waals surface area contributed by atoms with Crippen LogP contribution in [0.25, 0.3) is 0 Å². The van der Waals surface area contributed by atoms with Gasteiger partial charge in [-0.25, -0.2) is 0 Å². The van der Waals surface area contributed by atoms with Gasteiger partial charge in [0.1, 0.15) is 0 Å². The van der Waals surface area contributed by atoms with E-state index in [0.717, 1.165) is 0 Å². The molecule has 1 aromatic carbocycles. The topological polar surface area (TPSA) is 49.3 Å². The fraction of sp³-hybridized carbons (Fsp3) is 0.417. The fourth-order valence-corrected chi connectivity index (χ4v) is 1.58. The fourth-order valence-electron chi connectivity index (χ4n) is 1.58. The van der Waals surface area contributed by atoms with E-state index in [2.05, 4.69) is 24.4 Å². The minimum Gasteiger partial charge on any atom is -0.481 e. The van der Waals surface area contributed by atoms with Crippen molar-refractivity contribution in [3.63, 3.8) is 0 Å². The van der Waals surface area contributed by atoms with Crippen LogP contribution in [0.5, 0.6) is 0 Å². The average molecular weight is 207 g/mol. The Morgan fingerprint density at radius 2 is 2.13 bits per heavy atom. The molecule has 0 aromatic heterocycles. The summed E-state index contributed by atoms with van der Waals surface area (Å²) >= 11 is 0. The summed E-state index contributed by atoms with van der Waals surface area (Å²) in [6, 6.07) is 8.32. The van der Waals surface area contributed by atoms with E-state index in [9.17, 15) is 4.79 Å². The molecule has 0 bridgehead atoms.